The second-order valence-electron chi connectivity index (χ2n) is 2.65. The predicted molar refractivity (Wildman–Crippen MR) is 46.1 cm³/mol. The zero-order chi connectivity index (χ0) is 7.72. The molecule has 0 saturated carbocycles. The number of aliphatic hydroxyl groups excluding tert-OH is 1. The summed E-state index contributed by atoms with van der Waals surface area (Å²) in [5.74, 6) is 0. The lowest BCUT2D eigenvalue weighted by atomic mass is 10.2. The number of rotatable bonds is 1. The molecule has 0 radical (unpaired) electrons. The SMILES string of the molecule is CN1CC(O)CC1C(=O)I. The standard InChI is InChI=1S/C6H10INO2/c1-8-3-4(9)2-5(8)6(7)10/h4-5,9H,2-3H2,1H3. The van der Waals surface area contributed by atoms with Crippen LogP contribution in [0.2, 0.25) is 0 Å². The highest BCUT2D eigenvalue weighted by molar-refractivity contribution is 14.1. The van der Waals surface area contributed by atoms with Gasteiger partial charge in [0.1, 0.15) is 0 Å². The molecule has 0 spiro atoms. The molecule has 1 heterocycles. The van der Waals surface area contributed by atoms with Crippen LogP contribution in [-0.4, -0.2) is 39.5 Å². The number of aliphatic hydroxyl groups is 1. The fourth-order valence-electron chi connectivity index (χ4n) is 1.24. The van der Waals surface area contributed by atoms with E-state index in [9.17, 15) is 4.79 Å². The summed E-state index contributed by atoms with van der Waals surface area (Å²) in [6.07, 6.45) is 0.284. The lowest BCUT2D eigenvalue weighted by Gasteiger charge is -2.13. The van der Waals surface area contributed by atoms with Crippen molar-refractivity contribution in [3.8, 4) is 0 Å². The Bertz CT molecular complexity index is 151. The minimum atomic E-state index is -0.311. The van der Waals surface area contributed by atoms with Gasteiger partial charge in [0.05, 0.1) is 12.1 Å². The molecule has 3 nitrogen and oxygen atoms in total. The molecule has 1 aliphatic rings. The van der Waals surface area contributed by atoms with Crippen molar-refractivity contribution in [1.82, 2.24) is 4.90 Å². The van der Waals surface area contributed by atoms with Crippen LogP contribution in [-0.2, 0) is 4.79 Å². The molecule has 4 heteroatoms. The third-order valence-corrected chi connectivity index (χ3v) is 2.51. The molecular formula is C6H10INO2. The van der Waals surface area contributed by atoms with Crippen LogP contribution in [0.1, 0.15) is 6.42 Å². The fourth-order valence-corrected chi connectivity index (χ4v) is 1.97. The Labute approximate surface area is 73.5 Å². The van der Waals surface area contributed by atoms with Crippen LogP contribution < -0.4 is 0 Å². The topological polar surface area (TPSA) is 40.5 Å². The lowest BCUT2D eigenvalue weighted by molar-refractivity contribution is -0.112. The maximum absolute atomic E-state index is 10.8. The van der Waals surface area contributed by atoms with Crippen molar-refractivity contribution in [2.75, 3.05) is 13.6 Å². The summed E-state index contributed by atoms with van der Waals surface area (Å²) >= 11 is 1.78. The van der Waals surface area contributed by atoms with Gasteiger partial charge in [0.25, 0.3) is 0 Å². The molecule has 0 aliphatic carbocycles. The first kappa shape index (κ1) is 8.42. The minimum absolute atomic E-state index is 0.0596. The van der Waals surface area contributed by atoms with E-state index in [-0.39, 0.29) is 15.9 Å². The van der Waals surface area contributed by atoms with E-state index in [0.717, 1.165) is 0 Å². The van der Waals surface area contributed by atoms with Crippen molar-refractivity contribution in [2.45, 2.75) is 18.6 Å². The van der Waals surface area contributed by atoms with E-state index in [2.05, 4.69) is 0 Å². The second-order valence-corrected chi connectivity index (χ2v) is 3.71. The van der Waals surface area contributed by atoms with Crippen LogP contribution in [0.25, 0.3) is 0 Å². The van der Waals surface area contributed by atoms with Crippen molar-refractivity contribution < 1.29 is 9.90 Å². The maximum Gasteiger partial charge on any atom is 0.209 e. The molecule has 58 valence electrons. The monoisotopic (exact) mass is 255 g/mol. The molecule has 0 aromatic rings. The minimum Gasteiger partial charge on any atom is -0.392 e. The van der Waals surface area contributed by atoms with Crippen LogP contribution in [0.3, 0.4) is 0 Å². The van der Waals surface area contributed by atoms with Crippen molar-refractivity contribution in [1.29, 1.82) is 0 Å². The third-order valence-electron chi connectivity index (χ3n) is 1.79. The Morgan fingerprint density at radius 2 is 2.40 bits per heavy atom. The Balaban J connectivity index is 2.54. The Morgan fingerprint density at radius 1 is 1.80 bits per heavy atom. The first-order chi connectivity index (χ1) is 4.61. The van der Waals surface area contributed by atoms with Gasteiger partial charge >= 0.3 is 0 Å². The molecule has 1 rings (SSSR count). The molecule has 0 bridgehead atoms. The molecule has 0 aromatic heterocycles. The average molecular weight is 255 g/mol. The fraction of sp³-hybridized carbons (Fsp3) is 0.833. The van der Waals surface area contributed by atoms with Gasteiger partial charge < -0.3 is 5.11 Å². The van der Waals surface area contributed by atoms with Gasteiger partial charge in [-0.15, -0.1) is 0 Å². The lowest BCUT2D eigenvalue weighted by Crippen LogP contribution is -2.29. The maximum atomic E-state index is 10.8. The first-order valence-electron chi connectivity index (χ1n) is 3.19. The van der Waals surface area contributed by atoms with Crippen molar-refractivity contribution in [3.63, 3.8) is 0 Å². The number of β-amino-alcohol motifs (C(OH)–C–C–N with tert-alkyl or cyclic N) is 1. The van der Waals surface area contributed by atoms with Gasteiger partial charge in [0, 0.05) is 29.1 Å². The van der Waals surface area contributed by atoms with Gasteiger partial charge in [-0.3, -0.25) is 9.69 Å². The van der Waals surface area contributed by atoms with Crippen LogP contribution in [0.4, 0.5) is 0 Å². The van der Waals surface area contributed by atoms with Crippen molar-refractivity contribution >= 4 is 26.4 Å². The largest absolute Gasteiger partial charge is 0.392 e. The summed E-state index contributed by atoms with van der Waals surface area (Å²) in [5, 5.41) is 9.12. The van der Waals surface area contributed by atoms with Crippen LogP contribution in [0.15, 0.2) is 0 Å². The highest BCUT2D eigenvalue weighted by Crippen LogP contribution is 2.18. The van der Waals surface area contributed by atoms with Crippen molar-refractivity contribution in [3.05, 3.63) is 0 Å². The van der Waals surface area contributed by atoms with Gasteiger partial charge in [-0.25, -0.2) is 0 Å². The molecule has 1 fully saturated rings. The summed E-state index contributed by atoms with van der Waals surface area (Å²) in [5.41, 5.74) is 0. The number of likely N-dealkylation sites (tertiary alicyclic amines) is 1. The molecule has 0 amide bonds. The zero-order valence-electron chi connectivity index (χ0n) is 5.75. The number of carbonyl (C=O) groups is 1. The van der Waals surface area contributed by atoms with Crippen molar-refractivity contribution in [2.24, 2.45) is 0 Å². The Kier molecular flexibility index (Phi) is 2.65. The summed E-state index contributed by atoms with van der Waals surface area (Å²) in [7, 11) is 1.86. The van der Waals surface area contributed by atoms with Crippen LogP contribution in [0.5, 0.6) is 0 Å². The van der Waals surface area contributed by atoms with Gasteiger partial charge in [0.15, 0.2) is 0 Å². The summed E-state index contributed by atoms with van der Waals surface area (Å²) in [6, 6.07) is -0.0596. The molecule has 0 aromatic carbocycles. The Morgan fingerprint density at radius 3 is 2.60 bits per heavy atom. The van der Waals surface area contributed by atoms with E-state index in [1.165, 1.54) is 0 Å². The smallest absolute Gasteiger partial charge is 0.209 e. The second kappa shape index (κ2) is 3.15. The molecule has 1 aliphatic heterocycles. The van der Waals surface area contributed by atoms with E-state index in [1.54, 1.807) is 22.6 Å². The van der Waals surface area contributed by atoms with Gasteiger partial charge in [-0.05, 0) is 13.5 Å². The summed E-state index contributed by atoms with van der Waals surface area (Å²) in [4.78, 5) is 12.7. The highest BCUT2D eigenvalue weighted by Gasteiger charge is 2.31. The molecule has 10 heavy (non-hydrogen) atoms. The van der Waals surface area contributed by atoms with Crippen LogP contribution >= 0.6 is 22.6 Å². The molecule has 2 atom stereocenters. The van der Waals surface area contributed by atoms with E-state index in [4.69, 9.17) is 5.11 Å². The van der Waals surface area contributed by atoms with E-state index < -0.39 is 0 Å². The van der Waals surface area contributed by atoms with E-state index in [0.29, 0.717) is 13.0 Å². The van der Waals surface area contributed by atoms with Crippen LogP contribution in [0, 0.1) is 0 Å². The number of carbonyl (C=O) groups excluding carboxylic acids is 1. The first-order valence-corrected chi connectivity index (χ1v) is 4.27. The van der Waals surface area contributed by atoms with E-state index in [1.807, 2.05) is 11.9 Å². The number of hydrogen-bond acceptors (Lipinski definition) is 3. The van der Waals surface area contributed by atoms with E-state index >= 15 is 0 Å². The average Bonchev–Trinajstić information content (AvgIpc) is 2.10. The number of likely N-dealkylation sites (N-methyl/N-ethyl adjacent to an activating group) is 1. The summed E-state index contributed by atoms with van der Waals surface area (Å²) in [6.45, 7) is 0.624. The Hall–Kier alpha value is 0.320. The normalized spacial score (nSPS) is 34.7. The third kappa shape index (κ3) is 1.67. The molecule has 2 unspecified atom stereocenters. The molecule has 1 N–H and O–H groups in total. The number of halogens is 1. The molecule has 1 saturated heterocycles. The van der Waals surface area contributed by atoms with Gasteiger partial charge in [0.2, 0.25) is 3.79 Å². The molecular weight excluding hydrogens is 245 g/mol. The van der Waals surface area contributed by atoms with Gasteiger partial charge in [-0.1, -0.05) is 0 Å². The van der Waals surface area contributed by atoms with Gasteiger partial charge in [-0.2, -0.15) is 0 Å². The highest BCUT2D eigenvalue weighted by atomic mass is 127. The summed E-state index contributed by atoms with van der Waals surface area (Å²) < 4.78 is 0.122. The zero-order valence-corrected chi connectivity index (χ0v) is 7.91. The number of nitrogens with zero attached hydrogens (tertiary/aromatic N) is 1. The predicted octanol–water partition coefficient (Wildman–Crippen LogP) is 0.0130. The number of hydrogen-bond donors (Lipinski definition) is 1. The quantitative estimate of drug-likeness (QED) is 0.530.